The van der Waals surface area contributed by atoms with Crippen LogP contribution >= 0.6 is 11.3 Å². The number of rotatable bonds is 7. The second-order valence-electron chi connectivity index (χ2n) is 5.09. The maximum atomic E-state index is 12.3. The predicted molar refractivity (Wildman–Crippen MR) is 91.3 cm³/mol. The molecular formula is C15H16N4O6S. The molecule has 0 aliphatic heterocycles. The Bertz CT molecular complexity index is 885. The Hall–Kier alpha value is -3.21. The average Bonchev–Trinajstić information content (AvgIpc) is 3.11. The molecular weight excluding hydrogens is 364 g/mol. The number of primary amides is 1. The van der Waals surface area contributed by atoms with E-state index in [2.05, 4.69) is 10.4 Å². The summed E-state index contributed by atoms with van der Waals surface area (Å²) in [7, 11) is 0. The highest BCUT2D eigenvalue weighted by atomic mass is 32.1. The van der Waals surface area contributed by atoms with Crippen LogP contribution < -0.4 is 11.1 Å². The van der Waals surface area contributed by atoms with Gasteiger partial charge in [0.1, 0.15) is 11.5 Å². The molecule has 26 heavy (non-hydrogen) atoms. The SMILES string of the molecule is CCOC(=O)c1c(NC(=O)c2ccn(CC(=O)O)n2)sc(C(N)=O)c1C. The molecule has 0 saturated heterocycles. The normalized spacial score (nSPS) is 10.4. The fourth-order valence-corrected chi connectivity index (χ4v) is 3.20. The number of thiophene rings is 1. The van der Waals surface area contributed by atoms with Gasteiger partial charge in [-0.25, -0.2) is 4.79 Å². The number of aliphatic carboxylic acids is 1. The van der Waals surface area contributed by atoms with Gasteiger partial charge in [-0.1, -0.05) is 0 Å². The molecule has 11 heteroatoms. The number of ether oxygens (including phenoxy) is 1. The number of carbonyl (C=O) groups excluding carboxylic acids is 3. The minimum absolute atomic E-state index is 0.0453. The largest absolute Gasteiger partial charge is 0.480 e. The smallest absolute Gasteiger partial charge is 0.341 e. The Morgan fingerprint density at radius 2 is 2.08 bits per heavy atom. The van der Waals surface area contributed by atoms with Crippen LogP contribution in [0.2, 0.25) is 0 Å². The standard InChI is InChI=1S/C15H16N4O6S/c1-3-25-15(24)10-7(2)11(12(16)22)26-14(10)17-13(23)8-4-5-19(18-8)6-9(20)21/h4-5H,3,6H2,1-2H3,(H2,16,22)(H,17,23)(H,20,21). The zero-order chi connectivity index (χ0) is 19.4. The van der Waals surface area contributed by atoms with E-state index in [1.807, 2.05) is 0 Å². The van der Waals surface area contributed by atoms with Gasteiger partial charge in [-0.3, -0.25) is 19.1 Å². The van der Waals surface area contributed by atoms with Crippen LogP contribution in [0.25, 0.3) is 0 Å². The molecule has 2 amide bonds. The fraction of sp³-hybridized carbons (Fsp3) is 0.267. The van der Waals surface area contributed by atoms with Crippen LogP contribution in [0.4, 0.5) is 5.00 Å². The lowest BCUT2D eigenvalue weighted by Gasteiger charge is -2.06. The third-order valence-electron chi connectivity index (χ3n) is 3.25. The molecule has 0 fully saturated rings. The van der Waals surface area contributed by atoms with Gasteiger partial charge in [0.25, 0.3) is 11.8 Å². The molecule has 4 N–H and O–H groups in total. The minimum Gasteiger partial charge on any atom is -0.480 e. The van der Waals surface area contributed by atoms with Crippen molar-refractivity contribution >= 4 is 40.1 Å². The number of esters is 1. The van der Waals surface area contributed by atoms with Crippen LogP contribution in [-0.2, 0) is 16.1 Å². The van der Waals surface area contributed by atoms with Crippen molar-refractivity contribution < 1.29 is 29.0 Å². The van der Waals surface area contributed by atoms with Gasteiger partial charge in [-0.2, -0.15) is 5.10 Å². The van der Waals surface area contributed by atoms with E-state index >= 15 is 0 Å². The highest BCUT2D eigenvalue weighted by Crippen LogP contribution is 2.33. The highest BCUT2D eigenvalue weighted by molar-refractivity contribution is 7.18. The van der Waals surface area contributed by atoms with Crippen LogP contribution in [0.15, 0.2) is 12.3 Å². The lowest BCUT2D eigenvalue weighted by Crippen LogP contribution is -2.16. The van der Waals surface area contributed by atoms with Gasteiger partial charge in [-0.15, -0.1) is 11.3 Å². The molecule has 0 unspecified atom stereocenters. The van der Waals surface area contributed by atoms with Gasteiger partial charge < -0.3 is 20.9 Å². The summed E-state index contributed by atoms with van der Waals surface area (Å²) in [6.07, 6.45) is 1.34. The van der Waals surface area contributed by atoms with Crippen molar-refractivity contribution in [3.8, 4) is 0 Å². The predicted octanol–water partition coefficient (Wildman–Crippen LogP) is 0.866. The molecule has 0 radical (unpaired) electrons. The van der Waals surface area contributed by atoms with Gasteiger partial charge in [0.2, 0.25) is 0 Å². The van der Waals surface area contributed by atoms with Gasteiger partial charge in [0, 0.05) is 6.20 Å². The maximum Gasteiger partial charge on any atom is 0.341 e. The van der Waals surface area contributed by atoms with Crippen molar-refractivity contribution in [3.05, 3.63) is 34.0 Å². The maximum absolute atomic E-state index is 12.3. The Morgan fingerprint density at radius 3 is 2.65 bits per heavy atom. The first-order valence-electron chi connectivity index (χ1n) is 7.41. The first-order chi connectivity index (χ1) is 12.2. The van der Waals surface area contributed by atoms with Gasteiger partial charge in [0.05, 0.1) is 17.0 Å². The van der Waals surface area contributed by atoms with Crippen molar-refractivity contribution in [1.82, 2.24) is 9.78 Å². The fourth-order valence-electron chi connectivity index (χ4n) is 2.16. The minimum atomic E-state index is -1.11. The van der Waals surface area contributed by atoms with E-state index in [1.165, 1.54) is 19.2 Å². The van der Waals surface area contributed by atoms with E-state index in [1.54, 1.807) is 6.92 Å². The third kappa shape index (κ3) is 4.06. The summed E-state index contributed by atoms with van der Waals surface area (Å²) < 4.78 is 6.04. The highest BCUT2D eigenvalue weighted by Gasteiger charge is 2.26. The van der Waals surface area contributed by atoms with E-state index in [0.717, 1.165) is 16.0 Å². The summed E-state index contributed by atoms with van der Waals surface area (Å²) in [5.41, 5.74) is 5.61. The monoisotopic (exact) mass is 380 g/mol. The van der Waals surface area contributed by atoms with Crippen molar-refractivity contribution in [2.75, 3.05) is 11.9 Å². The number of carboxylic acid groups (broad SMARTS) is 1. The number of amides is 2. The third-order valence-corrected chi connectivity index (χ3v) is 4.47. The first-order valence-corrected chi connectivity index (χ1v) is 8.23. The number of carboxylic acids is 1. The Kier molecular flexibility index (Phi) is 5.72. The summed E-state index contributed by atoms with van der Waals surface area (Å²) in [6.45, 7) is 2.88. The molecule has 138 valence electrons. The van der Waals surface area contributed by atoms with E-state index < -0.39 is 30.3 Å². The van der Waals surface area contributed by atoms with Crippen LogP contribution in [0, 0.1) is 6.92 Å². The molecule has 0 aliphatic rings. The zero-order valence-corrected chi connectivity index (χ0v) is 14.8. The van der Waals surface area contributed by atoms with Crippen LogP contribution in [0.5, 0.6) is 0 Å². The molecule has 0 aromatic carbocycles. The summed E-state index contributed by atoms with van der Waals surface area (Å²) in [6, 6.07) is 1.33. The van der Waals surface area contributed by atoms with Crippen molar-refractivity contribution in [2.24, 2.45) is 5.73 Å². The van der Waals surface area contributed by atoms with Crippen molar-refractivity contribution in [2.45, 2.75) is 20.4 Å². The molecule has 0 spiro atoms. The molecule has 0 saturated carbocycles. The van der Waals surface area contributed by atoms with E-state index in [-0.39, 0.29) is 27.7 Å². The van der Waals surface area contributed by atoms with Crippen LogP contribution in [-0.4, -0.2) is 45.2 Å². The Labute approximate surface area is 151 Å². The summed E-state index contributed by atoms with van der Waals surface area (Å²) in [5.74, 6) is -3.20. The van der Waals surface area contributed by atoms with E-state index in [4.69, 9.17) is 15.6 Å². The quantitative estimate of drug-likeness (QED) is 0.602. The number of aromatic nitrogens is 2. The second-order valence-corrected chi connectivity index (χ2v) is 6.11. The number of carbonyl (C=O) groups is 4. The number of nitrogens with one attached hydrogen (secondary N) is 1. The van der Waals surface area contributed by atoms with E-state index in [9.17, 15) is 19.2 Å². The number of hydrogen-bond acceptors (Lipinski definition) is 7. The average molecular weight is 380 g/mol. The molecule has 2 aromatic heterocycles. The van der Waals surface area contributed by atoms with Gasteiger partial charge in [-0.05, 0) is 25.5 Å². The van der Waals surface area contributed by atoms with Crippen molar-refractivity contribution in [3.63, 3.8) is 0 Å². The zero-order valence-electron chi connectivity index (χ0n) is 13.9. The molecule has 10 nitrogen and oxygen atoms in total. The molecule has 0 aliphatic carbocycles. The van der Waals surface area contributed by atoms with Crippen LogP contribution in [0.1, 0.15) is 43.0 Å². The summed E-state index contributed by atoms with van der Waals surface area (Å²) in [5, 5.41) is 15.2. The molecule has 2 aromatic rings. The molecule has 2 heterocycles. The lowest BCUT2D eigenvalue weighted by atomic mass is 10.1. The number of hydrogen-bond donors (Lipinski definition) is 3. The first kappa shape index (κ1) is 19.1. The number of nitrogens with zero attached hydrogens (tertiary/aromatic N) is 2. The van der Waals surface area contributed by atoms with Crippen molar-refractivity contribution in [1.29, 1.82) is 0 Å². The number of nitrogens with two attached hydrogens (primary N) is 1. The van der Waals surface area contributed by atoms with Crippen LogP contribution in [0.3, 0.4) is 0 Å². The van der Waals surface area contributed by atoms with Gasteiger partial charge >= 0.3 is 11.9 Å². The lowest BCUT2D eigenvalue weighted by molar-refractivity contribution is -0.137. The number of anilines is 1. The summed E-state index contributed by atoms with van der Waals surface area (Å²) >= 11 is 0.853. The Balaban J connectivity index is 2.32. The Morgan fingerprint density at radius 1 is 1.38 bits per heavy atom. The molecule has 0 atom stereocenters. The molecule has 2 rings (SSSR count). The topological polar surface area (TPSA) is 154 Å². The van der Waals surface area contributed by atoms with E-state index in [0.29, 0.717) is 5.56 Å². The molecule has 0 bridgehead atoms. The van der Waals surface area contributed by atoms with Gasteiger partial charge in [0.15, 0.2) is 5.69 Å². The second kappa shape index (κ2) is 7.78. The summed E-state index contributed by atoms with van der Waals surface area (Å²) in [4.78, 5) is 46.8.